The smallest absolute Gasteiger partial charge is 0.126 e. The molecule has 2 nitrogen and oxygen atoms in total. The summed E-state index contributed by atoms with van der Waals surface area (Å²) in [6.45, 7) is 6.46. The van der Waals surface area contributed by atoms with Crippen LogP contribution in [0.2, 0.25) is 0 Å². The third-order valence-corrected chi connectivity index (χ3v) is 4.09. The monoisotopic (exact) mass is 260 g/mol. The molecule has 1 aliphatic rings. The number of nitriles is 1. The molecule has 1 aliphatic heterocycles. The molecule has 19 heavy (non-hydrogen) atoms. The maximum atomic E-state index is 13.5. The Kier molecular flexibility index (Phi) is 4.42. The molecule has 1 fully saturated rings. The summed E-state index contributed by atoms with van der Waals surface area (Å²) in [7, 11) is 0. The fourth-order valence-corrected chi connectivity index (χ4v) is 2.87. The molecule has 0 amide bonds. The van der Waals surface area contributed by atoms with Crippen LogP contribution >= 0.6 is 0 Å². The first kappa shape index (κ1) is 13.9. The summed E-state index contributed by atoms with van der Waals surface area (Å²) in [6, 6.07) is 6.64. The minimum atomic E-state index is -0.321. The van der Waals surface area contributed by atoms with Gasteiger partial charge in [0.2, 0.25) is 0 Å². The van der Waals surface area contributed by atoms with E-state index in [0.29, 0.717) is 11.5 Å². The van der Waals surface area contributed by atoms with Gasteiger partial charge in [-0.15, -0.1) is 0 Å². The maximum Gasteiger partial charge on any atom is 0.126 e. The lowest BCUT2D eigenvalue weighted by molar-refractivity contribution is 0.351. The highest BCUT2D eigenvalue weighted by molar-refractivity contribution is 5.52. The fraction of sp³-hybridized carbons (Fsp3) is 0.562. The Morgan fingerprint density at radius 2 is 2.05 bits per heavy atom. The van der Waals surface area contributed by atoms with Crippen LogP contribution in [0.4, 0.5) is 10.1 Å². The SMILES string of the molecule is CC(C)C1CCCN(c2cc(F)cc(C#N)c2)CC1. The number of hydrogen-bond acceptors (Lipinski definition) is 2. The molecule has 0 saturated carbocycles. The Bertz CT molecular complexity index is 476. The number of rotatable bonds is 2. The molecule has 1 aromatic rings. The summed E-state index contributed by atoms with van der Waals surface area (Å²) >= 11 is 0. The highest BCUT2D eigenvalue weighted by Crippen LogP contribution is 2.28. The Morgan fingerprint density at radius 3 is 2.74 bits per heavy atom. The molecule has 1 unspecified atom stereocenters. The molecule has 0 aliphatic carbocycles. The lowest BCUT2D eigenvalue weighted by atomic mass is 9.89. The fourth-order valence-electron chi connectivity index (χ4n) is 2.87. The van der Waals surface area contributed by atoms with E-state index < -0.39 is 0 Å². The third kappa shape index (κ3) is 3.47. The van der Waals surface area contributed by atoms with Crippen LogP contribution in [0.25, 0.3) is 0 Å². The number of hydrogen-bond donors (Lipinski definition) is 0. The van der Waals surface area contributed by atoms with E-state index in [9.17, 15) is 4.39 Å². The largest absolute Gasteiger partial charge is 0.371 e. The molecule has 1 saturated heterocycles. The molecule has 0 bridgehead atoms. The van der Waals surface area contributed by atoms with E-state index in [2.05, 4.69) is 18.7 Å². The minimum absolute atomic E-state index is 0.321. The molecule has 2 rings (SSSR count). The summed E-state index contributed by atoms with van der Waals surface area (Å²) in [5.74, 6) is 1.15. The molecule has 3 heteroatoms. The standard InChI is InChI=1S/C16H21FN2/c1-12(2)14-4-3-6-19(7-5-14)16-9-13(11-18)8-15(17)10-16/h8-10,12,14H,3-7H2,1-2H3. The lowest BCUT2D eigenvalue weighted by Crippen LogP contribution is -2.24. The normalized spacial score (nSPS) is 20.2. The van der Waals surface area contributed by atoms with Gasteiger partial charge in [0.05, 0.1) is 11.6 Å². The second-order valence-corrected chi connectivity index (χ2v) is 5.73. The van der Waals surface area contributed by atoms with Crippen molar-refractivity contribution in [3.8, 4) is 6.07 Å². The second kappa shape index (κ2) is 6.06. The van der Waals surface area contributed by atoms with Gasteiger partial charge in [0.25, 0.3) is 0 Å². The Balaban J connectivity index is 2.14. The van der Waals surface area contributed by atoms with Gasteiger partial charge >= 0.3 is 0 Å². The van der Waals surface area contributed by atoms with Crippen LogP contribution in [0.5, 0.6) is 0 Å². The van der Waals surface area contributed by atoms with Crippen LogP contribution < -0.4 is 4.90 Å². The summed E-state index contributed by atoms with van der Waals surface area (Å²) in [6.07, 6.45) is 3.53. The van der Waals surface area contributed by atoms with Crippen molar-refractivity contribution in [2.75, 3.05) is 18.0 Å². The third-order valence-electron chi connectivity index (χ3n) is 4.09. The van der Waals surface area contributed by atoms with Crippen LogP contribution in [-0.2, 0) is 0 Å². The Labute approximate surface area is 114 Å². The van der Waals surface area contributed by atoms with Gasteiger partial charge < -0.3 is 4.90 Å². The quantitative estimate of drug-likeness (QED) is 0.804. The zero-order chi connectivity index (χ0) is 13.8. The zero-order valence-electron chi connectivity index (χ0n) is 11.7. The molecule has 0 N–H and O–H groups in total. The Morgan fingerprint density at radius 1 is 1.26 bits per heavy atom. The van der Waals surface area contributed by atoms with E-state index in [4.69, 9.17) is 5.26 Å². The molecular weight excluding hydrogens is 239 g/mol. The second-order valence-electron chi connectivity index (χ2n) is 5.73. The van der Waals surface area contributed by atoms with Crippen LogP contribution in [0.15, 0.2) is 18.2 Å². The highest BCUT2D eigenvalue weighted by Gasteiger charge is 2.20. The first-order chi connectivity index (χ1) is 9.10. The van der Waals surface area contributed by atoms with Crippen LogP contribution in [0.3, 0.4) is 0 Å². The van der Waals surface area contributed by atoms with Crippen molar-refractivity contribution in [3.05, 3.63) is 29.6 Å². The van der Waals surface area contributed by atoms with Gasteiger partial charge in [-0.3, -0.25) is 0 Å². The molecule has 0 spiro atoms. The van der Waals surface area contributed by atoms with Gasteiger partial charge in [-0.25, -0.2) is 4.39 Å². The van der Waals surface area contributed by atoms with E-state index in [1.807, 2.05) is 6.07 Å². The first-order valence-corrected chi connectivity index (χ1v) is 7.06. The topological polar surface area (TPSA) is 27.0 Å². The van der Waals surface area contributed by atoms with Gasteiger partial charge in [0.1, 0.15) is 5.82 Å². The number of benzene rings is 1. The van der Waals surface area contributed by atoms with Gasteiger partial charge in [-0.1, -0.05) is 13.8 Å². The zero-order valence-corrected chi connectivity index (χ0v) is 11.7. The molecule has 1 atom stereocenters. The van der Waals surface area contributed by atoms with E-state index in [-0.39, 0.29) is 5.82 Å². The lowest BCUT2D eigenvalue weighted by Gasteiger charge is -2.23. The number of halogens is 1. The average Bonchev–Trinajstić information content (AvgIpc) is 2.63. The van der Waals surface area contributed by atoms with E-state index >= 15 is 0 Å². The minimum Gasteiger partial charge on any atom is -0.371 e. The van der Waals surface area contributed by atoms with Crippen molar-refractivity contribution in [2.24, 2.45) is 11.8 Å². The number of anilines is 1. The van der Waals surface area contributed by atoms with E-state index in [0.717, 1.165) is 37.5 Å². The summed E-state index contributed by atoms with van der Waals surface area (Å²) < 4.78 is 13.5. The van der Waals surface area contributed by atoms with Crippen molar-refractivity contribution in [1.82, 2.24) is 0 Å². The predicted molar refractivity (Wildman–Crippen MR) is 75.5 cm³/mol. The number of nitrogens with zero attached hydrogens (tertiary/aromatic N) is 2. The molecular formula is C16H21FN2. The summed E-state index contributed by atoms with van der Waals surface area (Å²) in [4.78, 5) is 2.21. The van der Waals surface area contributed by atoms with Crippen molar-refractivity contribution in [1.29, 1.82) is 5.26 Å². The van der Waals surface area contributed by atoms with Crippen LogP contribution in [0, 0.1) is 29.0 Å². The molecule has 0 aromatic heterocycles. The predicted octanol–water partition coefficient (Wildman–Crippen LogP) is 3.96. The van der Waals surface area contributed by atoms with Crippen molar-refractivity contribution in [3.63, 3.8) is 0 Å². The molecule has 102 valence electrons. The molecule has 1 heterocycles. The first-order valence-electron chi connectivity index (χ1n) is 7.06. The van der Waals surface area contributed by atoms with Gasteiger partial charge in [-0.2, -0.15) is 5.26 Å². The van der Waals surface area contributed by atoms with Crippen molar-refractivity contribution in [2.45, 2.75) is 33.1 Å². The Hall–Kier alpha value is -1.56. The maximum absolute atomic E-state index is 13.5. The van der Waals surface area contributed by atoms with E-state index in [1.165, 1.54) is 18.6 Å². The molecule has 1 aromatic carbocycles. The molecule has 0 radical (unpaired) electrons. The summed E-state index contributed by atoms with van der Waals surface area (Å²) in [5, 5.41) is 8.92. The van der Waals surface area contributed by atoms with Gasteiger partial charge in [0, 0.05) is 18.8 Å². The highest BCUT2D eigenvalue weighted by atomic mass is 19.1. The average molecular weight is 260 g/mol. The summed E-state index contributed by atoms with van der Waals surface area (Å²) in [5.41, 5.74) is 1.25. The van der Waals surface area contributed by atoms with Crippen LogP contribution in [0.1, 0.15) is 38.7 Å². The van der Waals surface area contributed by atoms with Crippen molar-refractivity contribution < 1.29 is 4.39 Å². The van der Waals surface area contributed by atoms with E-state index in [1.54, 1.807) is 6.07 Å². The van der Waals surface area contributed by atoms with Gasteiger partial charge in [0.15, 0.2) is 0 Å². The van der Waals surface area contributed by atoms with Crippen LogP contribution in [-0.4, -0.2) is 13.1 Å². The van der Waals surface area contributed by atoms with Gasteiger partial charge in [-0.05, 0) is 49.3 Å². The van der Waals surface area contributed by atoms with Crippen molar-refractivity contribution >= 4 is 5.69 Å².